The Hall–Kier alpha value is -2.74. The molecule has 1 aromatic rings. The molecule has 0 radical (unpaired) electrons. The van der Waals surface area contributed by atoms with Gasteiger partial charge in [-0.15, -0.1) is 0 Å². The Morgan fingerprint density at radius 1 is 1.33 bits per heavy atom. The van der Waals surface area contributed by atoms with E-state index in [0.717, 1.165) is 4.90 Å². The fourth-order valence-corrected chi connectivity index (χ4v) is 3.86. The van der Waals surface area contributed by atoms with E-state index in [4.69, 9.17) is 9.47 Å². The number of benzene rings is 1. The number of amides is 2. The molecule has 3 heterocycles. The number of hydrogen-bond acceptors (Lipinski definition) is 6. The predicted molar refractivity (Wildman–Crippen MR) is 81.5 cm³/mol. The second-order valence-electron chi connectivity index (χ2n) is 6.25. The second kappa shape index (κ2) is 4.64. The molecule has 0 unspecified atom stereocenters. The summed E-state index contributed by atoms with van der Waals surface area (Å²) in [5.74, 6) is -1.93. The molecule has 4 rings (SSSR count). The van der Waals surface area contributed by atoms with Crippen LogP contribution in [0.1, 0.15) is 6.92 Å². The van der Waals surface area contributed by atoms with Crippen LogP contribution >= 0.6 is 0 Å². The Bertz CT molecular complexity index is 819. The molecule has 4 atom stereocenters. The Kier molecular flexibility index (Phi) is 2.86. The highest BCUT2D eigenvalue weighted by Crippen LogP contribution is 2.53. The number of carbonyl (C=O) groups is 2. The predicted octanol–water partition coefficient (Wildman–Crippen LogP) is 1.44. The van der Waals surface area contributed by atoms with Gasteiger partial charge in [-0.25, -0.2) is 4.90 Å². The molecule has 8 nitrogen and oxygen atoms in total. The second-order valence-corrected chi connectivity index (χ2v) is 6.25. The van der Waals surface area contributed by atoms with Crippen molar-refractivity contribution in [3.8, 4) is 5.75 Å². The maximum absolute atomic E-state index is 12.9. The Morgan fingerprint density at radius 2 is 2.08 bits per heavy atom. The lowest BCUT2D eigenvalue weighted by atomic mass is 9.78. The van der Waals surface area contributed by atoms with Crippen LogP contribution in [0, 0.1) is 22.0 Å². The molecular formula is C16H14N2O6. The standard InChI is InChI=1S/C16H14N2O6/c1-16-6-5-11(24-16)12-13(16)15(20)17(14(12)19)9-4-3-8(23-2)7-10(9)18(21)22/h3-7,11-13H,1-2H3/t11-,12+,13-,16+/m0/s1. The number of nitro benzene ring substituents is 1. The van der Waals surface area contributed by atoms with Gasteiger partial charge in [-0.3, -0.25) is 19.7 Å². The van der Waals surface area contributed by atoms with E-state index in [0.29, 0.717) is 0 Å². The molecule has 0 spiro atoms. The first-order valence-electron chi connectivity index (χ1n) is 7.45. The first-order chi connectivity index (χ1) is 11.4. The van der Waals surface area contributed by atoms with Gasteiger partial charge in [0.05, 0.1) is 41.6 Å². The molecule has 24 heavy (non-hydrogen) atoms. The zero-order valence-corrected chi connectivity index (χ0v) is 13.0. The number of carbonyl (C=O) groups excluding carboxylic acids is 2. The van der Waals surface area contributed by atoms with Gasteiger partial charge in [-0.05, 0) is 19.1 Å². The van der Waals surface area contributed by atoms with Crippen LogP contribution < -0.4 is 9.64 Å². The summed E-state index contributed by atoms with van der Waals surface area (Å²) >= 11 is 0. The first kappa shape index (κ1) is 14.8. The summed E-state index contributed by atoms with van der Waals surface area (Å²) in [6.07, 6.45) is 3.10. The number of ether oxygens (including phenoxy) is 2. The summed E-state index contributed by atoms with van der Waals surface area (Å²) in [6, 6.07) is 4.06. The van der Waals surface area contributed by atoms with E-state index in [1.165, 1.54) is 25.3 Å². The molecule has 0 N–H and O–H groups in total. The highest BCUT2D eigenvalue weighted by atomic mass is 16.6. The normalized spacial score (nSPS) is 33.2. The molecule has 3 aliphatic rings. The Morgan fingerprint density at radius 3 is 2.71 bits per heavy atom. The third-order valence-electron chi connectivity index (χ3n) is 4.95. The van der Waals surface area contributed by atoms with Crippen LogP contribution in [-0.2, 0) is 14.3 Å². The summed E-state index contributed by atoms with van der Waals surface area (Å²) in [5, 5.41) is 11.4. The van der Waals surface area contributed by atoms with Gasteiger partial charge in [0.2, 0.25) is 11.8 Å². The lowest BCUT2D eigenvalue weighted by Gasteiger charge is -2.24. The molecule has 2 bridgehead atoms. The monoisotopic (exact) mass is 330 g/mol. The van der Waals surface area contributed by atoms with Gasteiger partial charge in [0.25, 0.3) is 5.69 Å². The third-order valence-corrected chi connectivity index (χ3v) is 4.95. The van der Waals surface area contributed by atoms with Gasteiger partial charge in [0, 0.05) is 0 Å². The average Bonchev–Trinajstić information content (AvgIpc) is 3.16. The van der Waals surface area contributed by atoms with Gasteiger partial charge in [-0.2, -0.15) is 0 Å². The summed E-state index contributed by atoms with van der Waals surface area (Å²) in [6.45, 7) is 1.76. The average molecular weight is 330 g/mol. The number of nitrogens with zero attached hydrogens (tertiary/aromatic N) is 2. The Balaban J connectivity index is 1.81. The molecule has 8 heteroatoms. The van der Waals surface area contributed by atoms with Crippen LogP contribution in [0.15, 0.2) is 30.4 Å². The van der Waals surface area contributed by atoms with Gasteiger partial charge in [0.15, 0.2) is 0 Å². The van der Waals surface area contributed by atoms with E-state index in [2.05, 4.69) is 0 Å². The SMILES string of the molecule is COc1ccc(N2C(=O)[C@@H]3[C@@H]4C=C[C@@](C)(O4)[C@@H]3C2=O)c([N+](=O)[O-])c1. The van der Waals surface area contributed by atoms with Gasteiger partial charge in [-0.1, -0.05) is 12.2 Å². The summed E-state index contributed by atoms with van der Waals surface area (Å²) in [5.41, 5.74) is -1.21. The zero-order chi connectivity index (χ0) is 17.2. The van der Waals surface area contributed by atoms with Crippen molar-refractivity contribution in [2.75, 3.05) is 12.0 Å². The fraction of sp³-hybridized carbons (Fsp3) is 0.375. The number of imide groups is 1. The number of fused-ring (bicyclic) bond motifs is 5. The van der Waals surface area contributed by atoms with Crippen molar-refractivity contribution in [2.24, 2.45) is 11.8 Å². The van der Waals surface area contributed by atoms with E-state index < -0.39 is 40.3 Å². The van der Waals surface area contributed by atoms with Crippen molar-refractivity contribution >= 4 is 23.2 Å². The quantitative estimate of drug-likeness (QED) is 0.360. The Labute approximate surface area is 136 Å². The molecule has 0 saturated carbocycles. The molecule has 2 saturated heterocycles. The van der Waals surface area contributed by atoms with Crippen molar-refractivity contribution in [1.82, 2.24) is 0 Å². The van der Waals surface area contributed by atoms with E-state index in [1.807, 2.05) is 0 Å². The van der Waals surface area contributed by atoms with Crippen molar-refractivity contribution in [3.63, 3.8) is 0 Å². The maximum atomic E-state index is 12.9. The van der Waals surface area contributed by atoms with Gasteiger partial charge >= 0.3 is 0 Å². The fourth-order valence-electron chi connectivity index (χ4n) is 3.86. The van der Waals surface area contributed by atoms with Crippen LogP contribution in [0.5, 0.6) is 5.75 Å². The first-order valence-corrected chi connectivity index (χ1v) is 7.45. The minimum Gasteiger partial charge on any atom is -0.496 e. The van der Waals surface area contributed by atoms with Crippen molar-refractivity contribution in [3.05, 3.63) is 40.5 Å². The van der Waals surface area contributed by atoms with E-state index in [-0.39, 0.29) is 17.1 Å². The van der Waals surface area contributed by atoms with Gasteiger partial charge in [0.1, 0.15) is 11.4 Å². The molecule has 1 aromatic carbocycles. The molecule has 124 valence electrons. The van der Waals surface area contributed by atoms with E-state index in [1.54, 1.807) is 19.1 Å². The smallest absolute Gasteiger partial charge is 0.297 e. The number of rotatable bonds is 3. The minimum atomic E-state index is -0.835. The number of methoxy groups -OCH3 is 1. The molecular weight excluding hydrogens is 316 g/mol. The van der Waals surface area contributed by atoms with Crippen molar-refractivity contribution in [2.45, 2.75) is 18.6 Å². The van der Waals surface area contributed by atoms with Crippen LogP contribution in [0.3, 0.4) is 0 Å². The highest BCUT2D eigenvalue weighted by molar-refractivity contribution is 6.24. The zero-order valence-electron chi connectivity index (χ0n) is 13.0. The van der Waals surface area contributed by atoms with Crippen molar-refractivity contribution in [1.29, 1.82) is 0 Å². The van der Waals surface area contributed by atoms with E-state index >= 15 is 0 Å². The number of hydrogen-bond donors (Lipinski definition) is 0. The van der Waals surface area contributed by atoms with Crippen molar-refractivity contribution < 1.29 is 24.0 Å². The summed E-state index contributed by atoms with van der Waals surface area (Å²) in [4.78, 5) is 37.3. The molecule has 2 amide bonds. The molecule has 0 aromatic heterocycles. The lowest BCUT2D eigenvalue weighted by molar-refractivity contribution is -0.384. The minimum absolute atomic E-state index is 0.0341. The molecule has 3 aliphatic heterocycles. The summed E-state index contributed by atoms with van der Waals surface area (Å²) < 4.78 is 10.7. The summed E-state index contributed by atoms with van der Waals surface area (Å²) in [7, 11) is 1.39. The highest BCUT2D eigenvalue weighted by Gasteiger charge is 2.66. The van der Waals surface area contributed by atoms with Crippen LogP contribution in [0.2, 0.25) is 0 Å². The molecule has 0 aliphatic carbocycles. The van der Waals surface area contributed by atoms with Gasteiger partial charge < -0.3 is 9.47 Å². The number of anilines is 1. The van der Waals surface area contributed by atoms with Crippen LogP contribution in [-0.4, -0.2) is 35.6 Å². The van der Waals surface area contributed by atoms with Crippen LogP contribution in [0.25, 0.3) is 0 Å². The largest absolute Gasteiger partial charge is 0.496 e. The maximum Gasteiger partial charge on any atom is 0.297 e. The lowest BCUT2D eigenvalue weighted by Crippen LogP contribution is -2.38. The van der Waals surface area contributed by atoms with E-state index in [9.17, 15) is 19.7 Å². The number of nitro groups is 1. The van der Waals surface area contributed by atoms with Crippen LogP contribution in [0.4, 0.5) is 11.4 Å². The third kappa shape index (κ3) is 1.71. The topological polar surface area (TPSA) is 99.0 Å². The molecule has 2 fully saturated rings.